The highest BCUT2D eigenvalue weighted by atomic mass is 15.1. The Labute approximate surface area is 92.7 Å². The fraction of sp³-hybridized carbons (Fsp3) is 0.750. The highest BCUT2D eigenvalue weighted by Gasteiger charge is 2.12. The third kappa shape index (κ3) is 4.04. The fourth-order valence-electron chi connectivity index (χ4n) is 1.57. The van der Waals surface area contributed by atoms with Crippen LogP contribution in [0.4, 0.5) is 0 Å². The number of aryl methyl sites for hydroxylation is 1. The summed E-state index contributed by atoms with van der Waals surface area (Å²) in [6, 6.07) is 0.381. The number of H-pyrrole nitrogens is 1. The lowest BCUT2D eigenvalue weighted by Crippen LogP contribution is -2.23. The van der Waals surface area contributed by atoms with E-state index in [2.05, 4.69) is 50.1 Å². The standard InChI is InChI=1S/C12H23N3/c1-9(11-8-14-15-10(11)2)13-7-6-12(3,4)5/h8-9,13H,6-7H2,1-5H3,(H,14,15). The van der Waals surface area contributed by atoms with Crippen LogP contribution in [0.3, 0.4) is 0 Å². The van der Waals surface area contributed by atoms with Gasteiger partial charge in [0.2, 0.25) is 0 Å². The van der Waals surface area contributed by atoms with Gasteiger partial charge in [-0.1, -0.05) is 20.8 Å². The van der Waals surface area contributed by atoms with Gasteiger partial charge in [0.1, 0.15) is 0 Å². The SMILES string of the molecule is Cc1[nH]ncc1C(C)NCCC(C)(C)C. The zero-order valence-corrected chi connectivity index (χ0v) is 10.5. The Bertz CT molecular complexity index is 296. The third-order valence-electron chi connectivity index (χ3n) is 2.66. The van der Waals surface area contributed by atoms with Crippen LogP contribution in [0.15, 0.2) is 6.20 Å². The van der Waals surface area contributed by atoms with E-state index in [0.29, 0.717) is 11.5 Å². The van der Waals surface area contributed by atoms with Gasteiger partial charge < -0.3 is 5.32 Å². The van der Waals surface area contributed by atoms with Crippen molar-refractivity contribution in [1.29, 1.82) is 0 Å². The molecule has 0 amide bonds. The third-order valence-corrected chi connectivity index (χ3v) is 2.66. The molecule has 1 heterocycles. The zero-order valence-electron chi connectivity index (χ0n) is 10.5. The molecular weight excluding hydrogens is 186 g/mol. The molecule has 1 unspecified atom stereocenters. The van der Waals surface area contributed by atoms with Crippen LogP contribution in [0, 0.1) is 12.3 Å². The van der Waals surface area contributed by atoms with Crippen LogP contribution in [-0.2, 0) is 0 Å². The second-order valence-corrected chi connectivity index (χ2v) is 5.44. The normalized spacial score (nSPS) is 14.2. The summed E-state index contributed by atoms with van der Waals surface area (Å²) in [6.07, 6.45) is 3.10. The van der Waals surface area contributed by atoms with E-state index in [1.54, 1.807) is 0 Å². The molecule has 0 saturated carbocycles. The number of rotatable bonds is 4. The van der Waals surface area contributed by atoms with Gasteiger partial charge in [-0.3, -0.25) is 5.10 Å². The van der Waals surface area contributed by atoms with E-state index in [-0.39, 0.29) is 0 Å². The predicted molar refractivity (Wildman–Crippen MR) is 63.8 cm³/mol. The van der Waals surface area contributed by atoms with Crippen LogP contribution in [0.25, 0.3) is 0 Å². The quantitative estimate of drug-likeness (QED) is 0.800. The monoisotopic (exact) mass is 209 g/mol. The summed E-state index contributed by atoms with van der Waals surface area (Å²) in [7, 11) is 0. The maximum atomic E-state index is 4.03. The van der Waals surface area contributed by atoms with Gasteiger partial charge in [0.05, 0.1) is 6.20 Å². The number of nitrogens with one attached hydrogen (secondary N) is 2. The Morgan fingerprint density at radius 3 is 2.60 bits per heavy atom. The van der Waals surface area contributed by atoms with E-state index in [1.165, 1.54) is 12.0 Å². The first-order valence-electron chi connectivity index (χ1n) is 5.63. The van der Waals surface area contributed by atoms with Crippen molar-refractivity contribution >= 4 is 0 Å². The lowest BCUT2D eigenvalue weighted by molar-refractivity contribution is 0.358. The molecule has 0 spiro atoms. The first kappa shape index (κ1) is 12.2. The van der Waals surface area contributed by atoms with Gasteiger partial charge in [0.25, 0.3) is 0 Å². The molecule has 1 rings (SSSR count). The molecule has 0 bridgehead atoms. The number of hydrogen-bond donors (Lipinski definition) is 2. The minimum absolute atomic E-state index is 0.381. The highest BCUT2D eigenvalue weighted by Crippen LogP contribution is 2.19. The average Bonchev–Trinajstić information content (AvgIpc) is 2.48. The highest BCUT2D eigenvalue weighted by molar-refractivity contribution is 5.18. The Hall–Kier alpha value is -0.830. The number of aromatic nitrogens is 2. The van der Waals surface area contributed by atoms with Crippen molar-refractivity contribution in [3.05, 3.63) is 17.5 Å². The van der Waals surface area contributed by atoms with Crippen LogP contribution in [0.1, 0.15) is 51.4 Å². The largest absolute Gasteiger partial charge is 0.310 e. The van der Waals surface area contributed by atoms with Crippen LogP contribution in [-0.4, -0.2) is 16.7 Å². The van der Waals surface area contributed by atoms with Gasteiger partial charge >= 0.3 is 0 Å². The van der Waals surface area contributed by atoms with Crippen molar-refractivity contribution in [1.82, 2.24) is 15.5 Å². The molecule has 1 aromatic heterocycles. The van der Waals surface area contributed by atoms with Crippen molar-refractivity contribution in [2.45, 2.75) is 47.1 Å². The maximum Gasteiger partial charge on any atom is 0.0537 e. The fourth-order valence-corrected chi connectivity index (χ4v) is 1.57. The maximum absolute atomic E-state index is 4.03. The minimum Gasteiger partial charge on any atom is -0.310 e. The lowest BCUT2D eigenvalue weighted by atomic mass is 9.92. The Morgan fingerprint density at radius 1 is 1.47 bits per heavy atom. The molecule has 0 aliphatic rings. The molecule has 1 atom stereocenters. The molecule has 1 aromatic rings. The first-order valence-corrected chi connectivity index (χ1v) is 5.63. The zero-order chi connectivity index (χ0) is 11.5. The van der Waals surface area contributed by atoms with E-state index in [4.69, 9.17) is 0 Å². The molecule has 0 aromatic carbocycles. The van der Waals surface area contributed by atoms with Gasteiger partial charge in [0, 0.05) is 17.3 Å². The van der Waals surface area contributed by atoms with Crippen molar-refractivity contribution < 1.29 is 0 Å². The van der Waals surface area contributed by atoms with E-state index in [9.17, 15) is 0 Å². The smallest absolute Gasteiger partial charge is 0.0537 e. The first-order chi connectivity index (χ1) is 6.90. The molecular formula is C12H23N3. The van der Waals surface area contributed by atoms with Crippen LogP contribution >= 0.6 is 0 Å². The summed E-state index contributed by atoms with van der Waals surface area (Å²) in [5.74, 6) is 0. The van der Waals surface area contributed by atoms with Crippen LogP contribution < -0.4 is 5.32 Å². The Balaban J connectivity index is 2.37. The molecule has 0 saturated heterocycles. The van der Waals surface area contributed by atoms with Crippen molar-refractivity contribution in [3.63, 3.8) is 0 Å². The molecule has 86 valence electrons. The summed E-state index contributed by atoms with van der Waals surface area (Å²) in [5.41, 5.74) is 2.83. The molecule has 0 fully saturated rings. The number of nitrogens with zero attached hydrogens (tertiary/aromatic N) is 1. The molecule has 0 aliphatic heterocycles. The van der Waals surface area contributed by atoms with Gasteiger partial charge in [-0.05, 0) is 32.2 Å². The van der Waals surface area contributed by atoms with Gasteiger partial charge in [-0.2, -0.15) is 5.10 Å². The molecule has 3 heteroatoms. The van der Waals surface area contributed by atoms with E-state index >= 15 is 0 Å². The molecule has 0 radical (unpaired) electrons. The molecule has 3 nitrogen and oxygen atoms in total. The predicted octanol–water partition coefficient (Wildman–Crippen LogP) is 2.80. The summed E-state index contributed by atoms with van der Waals surface area (Å²) < 4.78 is 0. The topological polar surface area (TPSA) is 40.7 Å². The molecule has 15 heavy (non-hydrogen) atoms. The lowest BCUT2D eigenvalue weighted by Gasteiger charge is -2.20. The number of hydrogen-bond acceptors (Lipinski definition) is 2. The van der Waals surface area contributed by atoms with Crippen molar-refractivity contribution in [2.24, 2.45) is 5.41 Å². The van der Waals surface area contributed by atoms with E-state index in [0.717, 1.165) is 12.2 Å². The Morgan fingerprint density at radius 2 is 2.13 bits per heavy atom. The average molecular weight is 209 g/mol. The van der Waals surface area contributed by atoms with Crippen molar-refractivity contribution in [2.75, 3.05) is 6.54 Å². The van der Waals surface area contributed by atoms with Crippen molar-refractivity contribution in [3.8, 4) is 0 Å². The summed E-state index contributed by atoms with van der Waals surface area (Å²) >= 11 is 0. The summed E-state index contributed by atoms with van der Waals surface area (Å²) in [4.78, 5) is 0. The summed E-state index contributed by atoms with van der Waals surface area (Å²) in [5, 5.41) is 10.5. The molecule has 0 aliphatic carbocycles. The number of aromatic amines is 1. The van der Waals surface area contributed by atoms with E-state index < -0.39 is 0 Å². The van der Waals surface area contributed by atoms with E-state index in [1.807, 2.05) is 6.20 Å². The molecule has 2 N–H and O–H groups in total. The summed E-state index contributed by atoms with van der Waals surface area (Å²) in [6.45, 7) is 12.1. The Kier molecular flexibility index (Phi) is 3.91. The second-order valence-electron chi connectivity index (χ2n) is 5.44. The van der Waals surface area contributed by atoms with Crippen LogP contribution in [0.5, 0.6) is 0 Å². The van der Waals surface area contributed by atoms with Gasteiger partial charge in [-0.15, -0.1) is 0 Å². The minimum atomic E-state index is 0.381. The van der Waals surface area contributed by atoms with Gasteiger partial charge in [-0.25, -0.2) is 0 Å². The second kappa shape index (κ2) is 4.79. The van der Waals surface area contributed by atoms with Crippen LogP contribution in [0.2, 0.25) is 0 Å². The van der Waals surface area contributed by atoms with Gasteiger partial charge in [0.15, 0.2) is 0 Å².